The molecule has 0 aliphatic carbocycles. The van der Waals surface area contributed by atoms with Crippen LogP contribution in [0.25, 0.3) is 0 Å². The lowest BCUT2D eigenvalue weighted by molar-refractivity contribution is -0.00677. The number of likely N-dealkylation sites (tertiary alicyclic amines) is 1. The molecule has 0 aromatic carbocycles. The topological polar surface area (TPSA) is 38.5 Å². The molecule has 17 heavy (non-hydrogen) atoms. The molecule has 3 heteroatoms. The van der Waals surface area contributed by atoms with Crippen molar-refractivity contribution < 1.29 is 4.74 Å². The van der Waals surface area contributed by atoms with Crippen molar-refractivity contribution in [2.45, 2.75) is 70.6 Å². The van der Waals surface area contributed by atoms with Crippen LogP contribution in [0.2, 0.25) is 0 Å². The first-order valence-electron chi connectivity index (χ1n) is 7.25. The van der Waals surface area contributed by atoms with Gasteiger partial charge in [0.25, 0.3) is 0 Å². The van der Waals surface area contributed by atoms with Crippen molar-refractivity contribution in [2.24, 2.45) is 5.73 Å². The molecule has 1 aliphatic heterocycles. The summed E-state index contributed by atoms with van der Waals surface area (Å²) in [5, 5.41) is 0. The van der Waals surface area contributed by atoms with Crippen LogP contribution in [-0.4, -0.2) is 43.3 Å². The zero-order chi connectivity index (χ0) is 12.7. The SMILES string of the molecule is CCCCC(CC)N1CCC(OC)CC1CN. The Balaban J connectivity index is 2.54. The zero-order valence-electron chi connectivity index (χ0n) is 11.8. The maximum absolute atomic E-state index is 5.93. The van der Waals surface area contributed by atoms with E-state index in [0.717, 1.165) is 32.0 Å². The zero-order valence-corrected chi connectivity index (χ0v) is 11.8. The van der Waals surface area contributed by atoms with E-state index in [-0.39, 0.29) is 0 Å². The maximum atomic E-state index is 5.93. The fourth-order valence-corrected chi connectivity index (χ4v) is 3.00. The number of nitrogens with zero attached hydrogens (tertiary/aromatic N) is 1. The van der Waals surface area contributed by atoms with Gasteiger partial charge in [0.05, 0.1) is 6.10 Å². The van der Waals surface area contributed by atoms with Crippen molar-refractivity contribution in [3.05, 3.63) is 0 Å². The molecule has 0 saturated carbocycles. The smallest absolute Gasteiger partial charge is 0.0599 e. The van der Waals surface area contributed by atoms with Gasteiger partial charge in [0.15, 0.2) is 0 Å². The van der Waals surface area contributed by atoms with Gasteiger partial charge in [-0.15, -0.1) is 0 Å². The molecule has 2 N–H and O–H groups in total. The molecule has 1 fully saturated rings. The lowest BCUT2D eigenvalue weighted by atomic mass is 9.94. The van der Waals surface area contributed by atoms with Gasteiger partial charge in [-0.2, -0.15) is 0 Å². The van der Waals surface area contributed by atoms with Gasteiger partial charge in [-0.1, -0.05) is 26.7 Å². The van der Waals surface area contributed by atoms with Gasteiger partial charge in [-0.05, 0) is 25.7 Å². The van der Waals surface area contributed by atoms with Gasteiger partial charge in [-0.3, -0.25) is 4.90 Å². The second-order valence-electron chi connectivity index (χ2n) is 5.21. The molecule has 3 atom stereocenters. The lowest BCUT2D eigenvalue weighted by Gasteiger charge is -2.43. The molecular weight excluding hydrogens is 212 g/mol. The van der Waals surface area contributed by atoms with E-state index in [0.29, 0.717) is 12.1 Å². The number of piperidine rings is 1. The summed E-state index contributed by atoms with van der Waals surface area (Å²) in [5.74, 6) is 0. The number of rotatable bonds is 7. The Bertz CT molecular complexity index is 193. The van der Waals surface area contributed by atoms with E-state index in [1.54, 1.807) is 0 Å². The molecule has 1 rings (SSSR count). The summed E-state index contributed by atoms with van der Waals surface area (Å²) in [7, 11) is 1.82. The van der Waals surface area contributed by atoms with Gasteiger partial charge in [0.2, 0.25) is 0 Å². The first-order valence-corrected chi connectivity index (χ1v) is 7.25. The van der Waals surface area contributed by atoms with Crippen molar-refractivity contribution >= 4 is 0 Å². The molecular formula is C14H30N2O. The summed E-state index contributed by atoms with van der Waals surface area (Å²) in [6.45, 7) is 6.49. The number of hydrogen-bond donors (Lipinski definition) is 1. The predicted molar refractivity (Wildman–Crippen MR) is 73.2 cm³/mol. The minimum absolute atomic E-state index is 0.420. The van der Waals surface area contributed by atoms with Gasteiger partial charge in [0, 0.05) is 32.3 Å². The maximum Gasteiger partial charge on any atom is 0.0599 e. The summed E-state index contributed by atoms with van der Waals surface area (Å²) >= 11 is 0. The van der Waals surface area contributed by atoms with Crippen molar-refractivity contribution in [1.82, 2.24) is 4.90 Å². The fourth-order valence-electron chi connectivity index (χ4n) is 3.00. The molecule has 102 valence electrons. The average molecular weight is 242 g/mol. The highest BCUT2D eigenvalue weighted by Gasteiger charge is 2.31. The van der Waals surface area contributed by atoms with Gasteiger partial charge in [-0.25, -0.2) is 0 Å². The Labute approximate surface area is 107 Å². The summed E-state index contributed by atoms with van der Waals surface area (Å²) in [6, 6.07) is 1.25. The molecule has 0 spiro atoms. The number of unbranched alkanes of at least 4 members (excludes halogenated alkanes) is 1. The Hall–Kier alpha value is -0.120. The molecule has 0 aromatic rings. The predicted octanol–water partition coefficient (Wildman–Crippen LogP) is 2.39. The van der Waals surface area contributed by atoms with E-state index in [2.05, 4.69) is 18.7 Å². The van der Waals surface area contributed by atoms with Crippen LogP contribution in [0.5, 0.6) is 0 Å². The normalized spacial score (nSPS) is 28.2. The minimum atomic E-state index is 0.420. The van der Waals surface area contributed by atoms with Crippen LogP contribution in [0.3, 0.4) is 0 Å². The highest BCUT2D eigenvalue weighted by molar-refractivity contribution is 4.86. The van der Waals surface area contributed by atoms with E-state index in [1.165, 1.54) is 25.7 Å². The third-order valence-corrected chi connectivity index (χ3v) is 4.15. The molecule has 0 bridgehead atoms. The van der Waals surface area contributed by atoms with E-state index in [4.69, 9.17) is 10.5 Å². The van der Waals surface area contributed by atoms with Crippen LogP contribution < -0.4 is 5.73 Å². The molecule has 1 saturated heterocycles. The van der Waals surface area contributed by atoms with E-state index < -0.39 is 0 Å². The molecule has 0 amide bonds. The molecule has 0 aromatic heterocycles. The number of hydrogen-bond acceptors (Lipinski definition) is 3. The van der Waals surface area contributed by atoms with Crippen molar-refractivity contribution in [1.29, 1.82) is 0 Å². The molecule has 1 heterocycles. The lowest BCUT2D eigenvalue weighted by Crippen LogP contribution is -2.52. The quantitative estimate of drug-likeness (QED) is 0.745. The van der Waals surface area contributed by atoms with Crippen molar-refractivity contribution in [3.8, 4) is 0 Å². The van der Waals surface area contributed by atoms with Crippen LogP contribution in [0, 0.1) is 0 Å². The van der Waals surface area contributed by atoms with Crippen molar-refractivity contribution in [2.75, 3.05) is 20.2 Å². The second kappa shape index (κ2) is 8.06. The summed E-state index contributed by atoms with van der Waals surface area (Å²) in [4.78, 5) is 2.64. The first-order chi connectivity index (χ1) is 8.26. The molecule has 0 radical (unpaired) electrons. The number of methoxy groups -OCH3 is 1. The van der Waals surface area contributed by atoms with Gasteiger partial charge >= 0.3 is 0 Å². The molecule has 3 nitrogen and oxygen atoms in total. The van der Waals surface area contributed by atoms with E-state index in [1.807, 2.05) is 7.11 Å². The Kier molecular flexibility index (Phi) is 7.09. The summed E-state index contributed by atoms with van der Waals surface area (Å²) in [5.41, 5.74) is 5.93. The summed E-state index contributed by atoms with van der Waals surface area (Å²) in [6.07, 6.45) is 7.88. The van der Waals surface area contributed by atoms with E-state index in [9.17, 15) is 0 Å². The minimum Gasteiger partial charge on any atom is -0.381 e. The van der Waals surface area contributed by atoms with Crippen LogP contribution >= 0.6 is 0 Å². The molecule has 3 unspecified atom stereocenters. The van der Waals surface area contributed by atoms with Crippen LogP contribution in [0.4, 0.5) is 0 Å². The molecule has 1 aliphatic rings. The standard InChI is InChI=1S/C14H30N2O/c1-4-6-7-12(5-2)16-9-8-14(17-3)10-13(16)11-15/h12-14H,4-11,15H2,1-3H3. The van der Waals surface area contributed by atoms with Crippen LogP contribution in [0.15, 0.2) is 0 Å². The number of ether oxygens (including phenoxy) is 1. The van der Waals surface area contributed by atoms with Crippen LogP contribution in [-0.2, 0) is 4.74 Å². The third kappa shape index (κ3) is 4.23. The fraction of sp³-hybridized carbons (Fsp3) is 1.00. The number of nitrogens with two attached hydrogens (primary N) is 1. The van der Waals surface area contributed by atoms with Crippen LogP contribution in [0.1, 0.15) is 52.4 Å². The average Bonchev–Trinajstić information content (AvgIpc) is 2.39. The first kappa shape index (κ1) is 14.9. The Morgan fingerprint density at radius 2 is 2.18 bits per heavy atom. The van der Waals surface area contributed by atoms with Gasteiger partial charge in [0.1, 0.15) is 0 Å². The Morgan fingerprint density at radius 3 is 2.71 bits per heavy atom. The highest BCUT2D eigenvalue weighted by atomic mass is 16.5. The highest BCUT2D eigenvalue weighted by Crippen LogP contribution is 2.24. The summed E-state index contributed by atoms with van der Waals surface area (Å²) < 4.78 is 5.48. The third-order valence-electron chi connectivity index (χ3n) is 4.15. The monoisotopic (exact) mass is 242 g/mol. The van der Waals surface area contributed by atoms with E-state index >= 15 is 0 Å². The second-order valence-corrected chi connectivity index (χ2v) is 5.21. The Morgan fingerprint density at radius 1 is 1.41 bits per heavy atom. The largest absolute Gasteiger partial charge is 0.381 e. The van der Waals surface area contributed by atoms with Crippen molar-refractivity contribution in [3.63, 3.8) is 0 Å². The van der Waals surface area contributed by atoms with Gasteiger partial charge < -0.3 is 10.5 Å².